The summed E-state index contributed by atoms with van der Waals surface area (Å²) in [6, 6.07) is 23.7. The highest BCUT2D eigenvalue weighted by atomic mass is 16.2. The molecule has 8 heteroatoms. The Morgan fingerprint density at radius 2 is 1.47 bits per heavy atom. The number of amides is 2. The molecule has 0 aliphatic heterocycles. The van der Waals surface area contributed by atoms with E-state index in [2.05, 4.69) is 16.0 Å². The molecule has 3 aromatic carbocycles. The number of nitrogens with zero attached hydrogens (tertiary/aromatic N) is 3. The van der Waals surface area contributed by atoms with E-state index in [1.807, 2.05) is 55.5 Å². The number of aryl methyl sites for hydroxylation is 2. The Bertz CT molecular complexity index is 1690. The Balaban J connectivity index is 1.47. The van der Waals surface area contributed by atoms with Gasteiger partial charge in [0.15, 0.2) is 5.69 Å². The molecule has 2 N–H and O–H groups in total. The molecule has 2 heterocycles. The highest BCUT2D eigenvalue weighted by molar-refractivity contribution is 6.09. The normalized spacial score (nSPS) is 10.9. The van der Waals surface area contributed by atoms with Crippen LogP contribution in [0.5, 0.6) is 0 Å². The van der Waals surface area contributed by atoms with Crippen molar-refractivity contribution in [3.63, 3.8) is 0 Å². The molecule has 0 unspecified atom stereocenters. The average Bonchev–Trinajstić information content (AvgIpc) is 2.91. The van der Waals surface area contributed by atoms with Crippen LogP contribution in [0.2, 0.25) is 0 Å². The van der Waals surface area contributed by atoms with Crippen molar-refractivity contribution in [3.8, 4) is 11.3 Å². The van der Waals surface area contributed by atoms with Crippen LogP contribution in [0.1, 0.15) is 33.3 Å². The third kappa shape index (κ3) is 4.20. The minimum absolute atomic E-state index is 0.0484. The molecule has 0 spiro atoms. The van der Waals surface area contributed by atoms with Crippen molar-refractivity contribution in [2.75, 3.05) is 0 Å². The number of carbonyl (C=O) groups is 2. The van der Waals surface area contributed by atoms with Gasteiger partial charge in [-0.3, -0.25) is 25.2 Å². The number of para-hydroxylation sites is 1. The average molecular weight is 478 g/mol. The molecule has 2 amide bonds. The Morgan fingerprint density at radius 1 is 0.833 bits per heavy atom. The molecule has 2 aromatic heterocycles. The van der Waals surface area contributed by atoms with E-state index in [1.165, 1.54) is 4.68 Å². The monoisotopic (exact) mass is 477 g/mol. The maximum atomic E-state index is 13.2. The molecule has 5 rings (SSSR count). The van der Waals surface area contributed by atoms with Gasteiger partial charge >= 0.3 is 0 Å². The second kappa shape index (κ2) is 9.42. The maximum Gasteiger partial charge on any atom is 0.290 e. The fraction of sp³-hybridized carbons (Fsp3) is 0.107. The third-order valence-electron chi connectivity index (χ3n) is 5.98. The second-order valence-electron chi connectivity index (χ2n) is 8.36. The SMILES string of the molecule is CCn1nc(C(=O)NNC(=O)c2cc(-c3ccc(C)cc3)nc3ccccc23)c2ccccc2c1=O. The molecule has 0 radical (unpaired) electrons. The molecular formula is C28H23N5O3. The Kier molecular flexibility index (Phi) is 6.00. The summed E-state index contributed by atoms with van der Waals surface area (Å²) in [5.41, 5.74) is 8.40. The van der Waals surface area contributed by atoms with Crippen molar-refractivity contribution in [2.24, 2.45) is 0 Å². The van der Waals surface area contributed by atoms with Gasteiger partial charge in [-0.05, 0) is 32.0 Å². The fourth-order valence-corrected chi connectivity index (χ4v) is 4.09. The number of pyridine rings is 1. The zero-order chi connectivity index (χ0) is 25.2. The lowest BCUT2D eigenvalue weighted by Crippen LogP contribution is -2.43. The number of rotatable bonds is 4. The smallest absolute Gasteiger partial charge is 0.267 e. The van der Waals surface area contributed by atoms with Gasteiger partial charge in [0.05, 0.1) is 22.2 Å². The zero-order valence-corrected chi connectivity index (χ0v) is 19.8. The summed E-state index contributed by atoms with van der Waals surface area (Å²) in [5, 5.41) is 5.66. The van der Waals surface area contributed by atoms with Gasteiger partial charge in [-0.25, -0.2) is 9.67 Å². The van der Waals surface area contributed by atoms with Crippen LogP contribution in [0, 0.1) is 6.92 Å². The van der Waals surface area contributed by atoms with Crippen molar-refractivity contribution in [1.29, 1.82) is 0 Å². The van der Waals surface area contributed by atoms with E-state index < -0.39 is 11.8 Å². The standard InChI is InChI=1S/C28H23N5O3/c1-3-33-28(36)21-10-5-4-9-20(21)25(32-33)27(35)31-30-26(34)22-16-24(18-14-12-17(2)13-15-18)29-23-11-7-6-8-19(22)23/h4-16H,3H2,1-2H3,(H,30,34)(H,31,35). The summed E-state index contributed by atoms with van der Waals surface area (Å²) in [5.74, 6) is -1.12. The molecule has 0 bridgehead atoms. The lowest BCUT2D eigenvalue weighted by molar-refractivity contribution is 0.0844. The van der Waals surface area contributed by atoms with Gasteiger partial charge in [0.1, 0.15) is 0 Å². The van der Waals surface area contributed by atoms with Crippen LogP contribution in [0.15, 0.2) is 83.7 Å². The summed E-state index contributed by atoms with van der Waals surface area (Å²) in [6.07, 6.45) is 0. The van der Waals surface area contributed by atoms with Crippen molar-refractivity contribution in [3.05, 3.63) is 106 Å². The molecule has 0 atom stereocenters. The quantitative estimate of drug-likeness (QED) is 0.381. The molecule has 0 saturated heterocycles. The van der Waals surface area contributed by atoms with Gasteiger partial charge in [0.2, 0.25) is 0 Å². The van der Waals surface area contributed by atoms with Gasteiger partial charge < -0.3 is 0 Å². The Hall–Kier alpha value is -4.85. The first-order valence-corrected chi connectivity index (χ1v) is 11.5. The molecule has 36 heavy (non-hydrogen) atoms. The molecule has 8 nitrogen and oxygen atoms in total. The zero-order valence-electron chi connectivity index (χ0n) is 19.8. The minimum Gasteiger partial charge on any atom is -0.267 e. The predicted molar refractivity (Wildman–Crippen MR) is 139 cm³/mol. The summed E-state index contributed by atoms with van der Waals surface area (Å²) in [4.78, 5) is 43.6. The van der Waals surface area contributed by atoms with Crippen LogP contribution in [0.3, 0.4) is 0 Å². The highest BCUT2D eigenvalue weighted by Gasteiger charge is 2.19. The summed E-state index contributed by atoms with van der Waals surface area (Å²) >= 11 is 0. The highest BCUT2D eigenvalue weighted by Crippen LogP contribution is 2.25. The topological polar surface area (TPSA) is 106 Å². The molecule has 5 aromatic rings. The van der Waals surface area contributed by atoms with E-state index >= 15 is 0 Å². The second-order valence-corrected chi connectivity index (χ2v) is 8.36. The van der Waals surface area contributed by atoms with Crippen LogP contribution in [0.25, 0.3) is 32.9 Å². The molecular weight excluding hydrogens is 454 g/mol. The predicted octanol–water partition coefficient (Wildman–Crippen LogP) is 4.01. The number of fused-ring (bicyclic) bond motifs is 2. The van der Waals surface area contributed by atoms with Gasteiger partial charge in [0, 0.05) is 22.9 Å². The largest absolute Gasteiger partial charge is 0.290 e. The third-order valence-corrected chi connectivity index (χ3v) is 5.98. The van der Waals surface area contributed by atoms with Crippen LogP contribution in [0.4, 0.5) is 0 Å². The first kappa shape index (κ1) is 22.9. The van der Waals surface area contributed by atoms with Crippen molar-refractivity contribution >= 4 is 33.5 Å². The van der Waals surface area contributed by atoms with Crippen molar-refractivity contribution < 1.29 is 9.59 Å². The van der Waals surface area contributed by atoms with Gasteiger partial charge in [-0.15, -0.1) is 0 Å². The Morgan fingerprint density at radius 3 is 2.19 bits per heavy atom. The number of hydrazine groups is 1. The first-order chi connectivity index (χ1) is 17.5. The number of benzene rings is 3. The number of carbonyl (C=O) groups excluding carboxylic acids is 2. The minimum atomic E-state index is -0.626. The molecule has 0 fully saturated rings. The van der Waals surface area contributed by atoms with Crippen LogP contribution >= 0.6 is 0 Å². The van der Waals surface area contributed by atoms with E-state index in [4.69, 9.17) is 4.98 Å². The molecule has 0 aliphatic carbocycles. The number of hydrogen-bond acceptors (Lipinski definition) is 5. The summed E-state index contributed by atoms with van der Waals surface area (Å²) < 4.78 is 1.23. The number of nitrogens with one attached hydrogen (secondary N) is 2. The van der Waals surface area contributed by atoms with Gasteiger partial charge in [0.25, 0.3) is 17.4 Å². The summed E-state index contributed by atoms with van der Waals surface area (Å²) in [7, 11) is 0. The van der Waals surface area contributed by atoms with E-state index in [-0.39, 0.29) is 11.3 Å². The fourth-order valence-electron chi connectivity index (χ4n) is 4.09. The number of hydrogen-bond donors (Lipinski definition) is 2. The lowest BCUT2D eigenvalue weighted by Gasteiger charge is -2.13. The summed E-state index contributed by atoms with van der Waals surface area (Å²) in [6.45, 7) is 4.08. The maximum absolute atomic E-state index is 13.2. The van der Waals surface area contributed by atoms with Crippen molar-refractivity contribution in [1.82, 2.24) is 25.6 Å². The van der Waals surface area contributed by atoms with E-state index in [0.717, 1.165) is 11.1 Å². The van der Waals surface area contributed by atoms with Crippen LogP contribution in [-0.2, 0) is 6.54 Å². The van der Waals surface area contributed by atoms with Crippen LogP contribution < -0.4 is 16.4 Å². The van der Waals surface area contributed by atoms with Crippen molar-refractivity contribution in [2.45, 2.75) is 20.4 Å². The molecule has 0 saturated carbocycles. The lowest BCUT2D eigenvalue weighted by atomic mass is 10.0. The molecule has 0 aliphatic rings. The van der Waals surface area contributed by atoms with Gasteiger partial charge in [-0.1, -0.05) is 66.2 Å². The van der Waals surface area contributed by atoms with Crippen LogP contribution in [-0.4, -0.2) is 26.6 Å². The molecule has 178 valence electrons. The first-order valence-electron chi connectivity index (χ1n) is 11.5. The Labute approximate surface area is 206 Å². The van der Waals surface area contributed by atoms with Gasteiger partial charge in [-0.2, -0.15) is 5.10 Å². The van der Waals surface area contributed by atoms with E-state index in [9.17, 15) is 14.4 Å². The van der Waals surface area contributed by atoms with E-state index in [0.29, 0.717) is 39.5 Å². The van der Waals surface area contributed by atoms with E-state index in [1.54, 1.807) is 37.3 Å². The number of aromatic nitrogens is 3.